The first-order valence-electron chi connectivity index (χ1n) is 18.1. The fourth-order valence-corrected chi connectivity index (χ4v) is 7.39. The number of carbonyl (C=O) groups is 3. The van der Waals surface area contributed by atoms with E-state index in [0.717, 1.165) is 21.3 Å². The van der Waals surface area contributed by atoms with Gasteiger partial charge in [0.25, 0.3) is 5.91 Å². The van der Waals surface area contributed by atoms with Gasteiger partial charge in [-0.15, -0.1) is 0 Å². The number of hydrogen-bond donors (Lipinski definition) is 1. The number of ether oxygens (including phenoxy) is 3. The van der Waals surface area contributed by atoms with Crippen LogP contribution >= 0.6 is 0 Å². The summed E-state index contributed by atoms with van der Waals surface area (Å²) < 4.78 is 47.0. The molecule has 3 aliphatic rings. The minimum atomic E-state index is -2.69. The summed E-state index contributed by atoms with van der Waals surface area (Å²) in [7, 11) is 0. The van der Waals surface area contributed by atoms with E-state index >= 15 is 0 Å². The summed E-state index contributed by atoms with van der Waals surface area (Å²) in [6.07, 6.45) is 8.20. The normalized spacial score (nSPS) is 19.0. The Balaban J connectivity index is 0.736. The second-order valence-electron chi connectivity index (χ2n) is 13.8. The molecule has 2 aliphatic heterocycles. The van der Waals surface area contributed by atoms with Gasteiger partial charge in [0.15, 0.2) is 0 Å². The first kappa shape index (κ1) is 34.9. The van der Waals surface area contributed by atoms with Gasteiger partial charge in [0.2, 0.25) is 17.7 Å². The molecule has 0 spiro atoms. The number of nitrogens with one attached hydrogen (secondary N) is 1. The lowest BCUT2D eigenvalue weighted by atomic mass is 9.92. The van der Waals surface area contributed by atoms with Gasteiger partial charge in [0.1, 0.15) is 42.0 Å². The zero-order chi connectivity index (χ0) is 38.3. The molecule has 2 fully saturated rings. The van der Waals surface area contributed by atoms with Crippen LogP contribution in [0.3, 0.4) is 0 Å². The Morgan fingerprint density at radius 3 is 2.46 bits per heavy atom. The number of imide groups is 1. The van der Waals surface area contributed by atoms with Gasteiger partial charge in [0, 0.05) is 72.4 Å². The number of aromatic nitrogens is 4. The molecule has 1 atom stereocenters. The third-order valence-corrected chi connectivity index (χ3v) is 10.3. The second kappa shape index (κ2) is 14.4. The monoisotopic (exact) mass is 754 g/mol. The van der Waals surface area contributed by atoms with Crippen LogP contribution in [0.15, 0.2) is 91.5 Å². The maximum atomic E-state index is 14.0. The molecule has 4 aromatic heterocycles. The molecule has 1 saturated carbocycles. The van der Waals surface area contributed by atoms with Crippen LogP contribution in [0.2, 0.25) is 0 Å². The van der Waals surface area contributed by atoms with E-state index < -0.39 is 18.5 Å². The summed E-state index contributed by atoms with van der Waals surface area (Å²) in [6, 6.07) is 18.8. The largest absolute Gasteiger partial charge is 0.489 e. The molecule has 2 aromatic carbocycles. The molecule has 9 rings (SSSR count). The first-order chi connectivity index (χ1) is 27.3. The van der Waals surface area contributed by atoms with Crippen LogP contribution in [0.25, 0.3) is 32.9 Å². The number of pyridine rings is 3. The summed E-state index contributed by atoms with van der Waals surface area (Å²) >= 11 is 0. The van der Waals surface area contributed by atoms with Crippen molar-refractivity contribution in [3.05, 3.63) is 108 Å². The molecule has 6 heterocycles. The second-order valence-corrected chi connectivity index (χ2v) is 13.8. The van der Waals surface area contributed by atoms with E-state index in [9.17, 15) is 23.2 Å². The fraction of sp³-hybridized carbons (Fsp3) is 0.238. The van der Waals surface area contributed by atoms with E-state index in [0.29, 0.717) is 69.7 Å². The van der Waals surface area contributed by atoms with Gasteiger partial charge in [-0.3, -0.25) is 29.3 Å². The number of benzene rings is 2. The number of alkyl halides is 2. The van der Waals surface area contributed by atoms with Crippen LogP contribution in [0, 0.1) is 11.8 Å². The third-order valence-electron chi connectivity index (χ3n) is 10.3. The third kappa shape index (κ3) is 6.72. The number of halogens is 2. The Kier molecular flexibility index (Phi) is 8.97. The average molecular weight is 755 g/mol. The lowest BCUT2D eigenvalue weighted by Crippen LogP contribution is -2.52. The molecule has 3 amide bonds. The minimum Gasteiger partial charge on any atom is -0.489 e. The Morgan fingerprint density at radius 1 is 0.839 bits per heavy atom. The van der Waals surface area contributed by atoms with Gasteiger partial charge in [-0.2, -0.15) is 8.78 Å². The molecule has 14 heteroatoms. The lowest BCUT2D eigenvalue weighted by Gasteiger charge is -2.34. The molecule has 12 nitrogen and oxygen atoms in total. The molecule has 1 unspecified atom stereocenters. The lowest BCUT2D eigenvalue weighted by molar-refractivity contribution is -0.136. The van der Waals surface area contributed by atoms with Gasteiger partial charge in [-0.1, -0.05) is 18.1 Å². The van der Waals surface area contributed by atoms with Crippen molar-refractivity contribution < 1.29 is 37.4 Å². The molecule has 1 N–H and O–H groups in total. The van der Waals surface area contributed by atoms with Crippen LogP contribution in [0.4, 0.5) is 8.78 Å². The van der Waals surface area contributed by atoms with E-state index in [4.69, 9.17) is 14.2 Å². The molecule has 0 radical (unpaired) electrons. The van der Waals surface area contributed by atoms with Gasteiger partial charge in [-0.25, -0.2) is 9.97 Å². The molecule has 56 heavy (non-hydrogen) atoms. The van der Waals surface area contributed by atoms with Crippen molar-refractivity contribution in [2.45, 2.75) is 57.0 Å². The van der Waals surface area contributed by atoms with Crippen molar-refractivity contribution in [1.82, 2.24) is 29.7 Å². The van der Waals surface area contributed by atoms with Crippen molar-refractivity contribution in [2.75, 3.05) is 6.61 Å². The number of hydrogen-bond acceptors (Lipinski definition) is 9. The van der Waals surface area contributed by atoms with Gasteiger partial charge >= 0.3 is 6.55 Å². The average Bonchev–Trinajstić information content (AvgIpc) is 3.70. The highest BCUT2D eigenvalue weighted by molar-refractivity contribution is 6.09. The maximum Gasteiger partial charge on any atom is 0.319 e. The van der Waals surface area contributed by atoms with E-state index in [1.807, 2.05) is 24.3 Å². The van der Waals surface area contributed by atoms with E-state index in [1.165, 1.54) is 11.1 Å². The summed E-state index contributed by atoms with van der Waals surface area (Å²) in [6.45, 7) is -2.32. The maximum absolute atomic E-state index is 14.0. The zero-order valence-corrected chi connectivity index (χ0v) is 29.7. The summed E-state index contributed by atoms with van der Waals surface area (Å²) in [5.41, 5.74) is 4.24. The van der Waals surface area contributed by atoms with Crippen LogP contribution in [-0.2, 0) is 16.1 Å². The van der Waals surface area contributed by atoms with E-state index in [1.54, 1.807) is 61.1 Å². The molecule has 6 aromatic rings. The number of nitrogens with zero attached hydrogens (tertiary/aromatic N) is 5. The molecule has 1 saturated heterocycles. The van der Waals surface area contributed by atoms with Crippen molar-refractivity contribution in [3.8, 4) is 40.3 Å². The van der Waals surface area contributed by atoms with Gasteiger partial charge < -0.3 is 19.1 Å². The standard InChI is InChI=1S/C42H32F2N6O6/c43-42(44)50-35-13-14-45-22-34(35)33-8-3-24(17-37(33)50)25-4-12-39(47-20-25)56-31-18-30(19-31)55-29-6-5-27(46-21-29)2-1-15-54-28-7-9-32-26(16-28)23-49(41(32)53)36-10-11-38(51)48-40(36)52/h3-9,12-14,16-17,20-22,30-31,36,42H,10-11,15,18-19,23H2,(H,48,51,52). The number of carbonyl (C=O) groups excluding carboxylic acids is 3. The van der Waals surface area contributed by atoms with Crippen LogP contribution in [0.5, 0.6) is 17.4 Å². The van der Waals surface area contributed by atoms with Crippen molar-refractivity contribution in [2.24, 2.45) is 0 Å². The van der Waals surface area contributed by atoms with Crippen LogP contribution in [0.1, 0.15) is 53.8 Å². The summed E-state index contributed by atoms with van der Waals surface area (Å²) in [5, 5.41) is 3.70. The highest BCUT2D eigenvalue weighted by atomic mass is 19.3. The molecule has 280 valence electrons. The molecular weight excluding hydrogens is 722 g/mol. The van der Waals surface area contributed by atoms with Crippen molar-refractivity contribution in [3.63, 3.8) is 0 Å². The SMILES string of the molecule is O=C1CCC(N2Cc3cc(OCC#Cc4ccc(OC5CC(Oc6ccc(-c7ccc8c9cnccc9n(C(F)F)c8c7)cn6)C5)cn4)ccc3C2=O)C(=O)N1. The predicted molar refractivity (Wildman–Crippen MR) is 199 cm³/mol. The first-order valence-corrected chi connectivity index (χ1v) is 18.1. The zero-order valence-electron chi connectivity index (χ0n) is 29.7. The Bertz CT molecular complexity index is 2580. The molecule has 0 bridgehead atoms. The predicted octanol–water partition coefficient (Wildman–Crippen LogP) is 6.22. The van der Waals surface area contributed by atoms with Crippen LogP contribution < -0.4 is 19.5 Å². The van der Waals surface area contributed by atoms with Crippen LogP contribution in [-0.4, -0.2) is 67.0 Å². The van der Waals surface area contributed by atoms with Gasteiger partial charge in [0.05, 0.1) is 17.2 Å². The van der Waals surface area contributed by atoms with E-state index in [2.05, 4.69) is 32.1 Å². The number of fused-ring (bicyclic) bond motifs is 4. The number of amides is 3. The highest BCUT2D eigenvalue weighted by Gasteiger charge is 2.39. The number of rotatable bonds is 9. The fourth-order valence-electron chi connectivity index (χ4n) is 7.39. The Labute approximate surface area is 318 Å². The molecular formula is C42H32F2N6O6. The highest BCUT2D eigenvalue weighted by Crippen LogP contribution is 2.36. The van der Waals surface area contributed by atoms with Crippen molar-refractivity contribution >= 4 is 39.5 Å². The Morgan fingerprint density at radius 2 is 1.68 bits per heavy atom. The quantitative estimate of drug-likeness (QED) is 0.135. The van der Waals surface area contributed by atoms with Crippen molar-refractivity contribution in [1.29, 1.82) is 0 Å². The number of piperidine rings is 1. The minimum absolute atomic E-state index is 0.0337. The Hall–Kier alpha value is -6.88. The smallest absolute Gasteiger partial charge is 0.319 e. The summed E-state index contributed by atoms with van der Waals surface area (Å²) in [5.74, 6) is 6.56. The topological polar surface area (TPSA) is 138 Å². The molecule has 1 aliphatic carbocycles. The van der Waals surface area contributed by atoms with E-state index in [-0.39, 0.29) is 43.6 Å². The van der Waals surface area contributed by atoms with Gasteiger partial charge in [-0.05, 0) is 72.0 Å². The summed E-state index contributed by atoms with van der Waals surface area (Å²) in [4.78, 5) is 51.2.